The number of aromatic nitrogens is 1. The van der Waals surface area contributed by atoms with Crippen LogP contribution in [-0.4, -0.2) is 10.4 Å². The van der Waals surface area contributed by atoms with E-state index in [4.69, 9.17) is 11.6 Å². The molecule has 0 bridgehead atoms. The van der Waals surface area contributed by atoms with Gasteiger partial charge in [-0.05, 0) is 36.6 Å². The van der Waals surface area contributed by atoms with Crippen LogP contribution in [-0.2, 0) is 13.0 Å². The Balaban J connectivity index is 1.74. The molecule has 1 aromatic heterocycles. The van der Waals surface area contributed by atoms with Gasteiger partial charge in [0.1, 0.15) is 0 Å². The molecule has 1 aliphatic rings. The molecule has 1 aromatic carbocycles. The van der Waals surface area contributed by atoms with E-state index in [1.165, 1.54) is 11.1 Å². The van der Waals surface area contributed by atoms with Crippen LogP contribution in [0.2, 0.25) is 0 Å². The van der Waals surface area contributed by atoms with Crippen molar-refractivity contribution < 1.29 is 0 Å². The molecule has 0 spiro atoms. The molecule has 19 heavy (non-hydrogen) atoms. The van der Waals surface area contributed by atoms with Gasteiger partial charge in [-0.15, -0.1) is 11.6 Å². The zero-order valence-electron chi connectivity index (χ0n) is 10.9. The lowest BCUT2D eigenvalue weighted by atomic mass is 10.1. The second-order valence-corrected chi connectivity index (χ2v) is 5.61. The molecule has 1 heterocycles. The highest BCUT2D eigenvalue weighted by atomic mass is 35.5. The van der Waals surface area contributed by atoms with Gasteiger partial charge in [0.15, 0.2) is 0 Å². The van der Waals surface area contributed by atoms with Gasteiger partial charge < -0.3 is 5.32 Å². The van der Waals surface area contributed by atoms with Crippen LogP contribution in [0.4, 0.5) is 0 Å². The summed E-state index contributed by atoms with van der Waals surface area (Å²) in [4.78, 5) is 4.51. The normalized spacial score (nSPS) is 21.4. The lowest BCUT2D eigenvalue weighted by Gasteiger charge is -2.17. The van der Waals surface area contributed by atoms with E-state index in [2.05, 4.69) is 34.6 Å². The number of fused-ring (bicyclic) bond motifs is 1. The van der Waals surface area contributed by atoms with Gasteiger partial charge in [0.2, 0.25) is 0 Å². The minimum atomic E-state index is 0.127. The largest absolute Gasteiger partial charge is 0.303 e. The summed E-state index contributed by atoms with van der Waals surface area (Å²) in [6, 6.07) is 14.8. The van der Waals surface area contributed by atoms with Crippen molar-refractivity contribution in [3.63, 3.8) is 0 Å². The summed E-state index contributed by atoms with van der Waals surface area (Å²) < 4.78 is 0. The Bertz CT molecular complexity index is 582. The second kappa shape index (κ2) is 5.32. The van der Waals surface area contributed by atoms with Crippen LogP contribution in [0.15, 0.2) is 42.5 Å². The van der Waals surface area contributed by atoms with E-state index in [9.17, 15) is 0 Å². The van der Waals surface area contributed by atoms with Gasteiger partial charge in [0.25, 0.3) is 0 Å². The molecule has 0 aliphatic heterocycles. The number of nitrogens with zero attached hydrogens (tertiary/aromatic N) is 1. The number of pyridine rings is 1. The van der Waals surface area contributed by atoms with Crippen molar-refractivity contribution in [1.82, 2.24) is 10.3 Å². The number of alkyl halides is 1. The fourth-order valence-corrected chi connectivity index (χ4v) is 3.09. The average molecular weight is 273 g/mol. The maximum atomic E-state index is 6.46. The summed E-state index contributed by atoms with van der Waals surface area (Å²) in [5.41, 5.74) is 4.80. The molecule has 0 radical (unpaired) electrons. The Morgan fingerprint density at radius 1 is 1.21 bits per heavy atom. The summed E-state index contributed by atoms with van der Waals surface area (Å²) in [6.07, 6.45) is 0.941. The van der Waals surface area contributed by atoms with Gasteiger partial charge in [0.05, 0.1) is 11.1 Å². The van der Waals surface area contributed by atoms with Crippen molar-refractivity contribution >= 4 is 11.6 Å². The summed E-state index contributed by atoms with van der Waals surface area (Å²) in [6.45, 7) is 2.77. The van der Waals surface area contributed by atoms with Crippen LogP contribution >= 0.6 is 11.6 Å². The number of benzene rings is 1. The van der Waals surface area contributed by atoms with Gasteiger partial charge in [-0.25, -0.2) is 0 Å². The van der Waals surface area contributed by atoms with Crippen LogP contribution in [0.25, 0.3) is 0 Å². The molecule has 3 rings (SSSR count). The number of nitrogens with one attached hydrogen (secondary N) is 1. The summed E-state index contributed by atoms with van der Waals surface area (Å²) in [7, 11) is 0. The molecule has 0 fully saturated rings. The number of rotatable bonds is 3. The summed E-state index contributed by atoms with van der Waals surface area (Å²) in [5, 5.41) is 3.66. The predicted molar refractivity (Wildman–Crippen MR) is 78.3 cm³/mol. The smallest absolute Gasteiger partial charge is 0.0571 e. The number of hydrogen-bond acceptors (Lipinski definition) is 2. The maximum absolute atomic E-state index is 6.46. The van der Waals surface area contributed by atoms with Gasteiger partial charge >= 0.3 is 0 Å². The lowest BCUT2D eigenvalue weighted by molar-refractivity contribution is 0.530. The van der Waals surface area contributed by atoms with Gasteiger partial charge in [-0.2, -0.15) is 0 Å². The number of hydrogen-bond donors (Lipinski definition) is 1. The van der Waals surface area contributed by atoms with E-state index in [0.29, 0.717) is 0 Å². The van der Waals surface area contributed by atoms with E-state index in [1.54, 1.807) is 0 Å². The highest BCUT2D eigenvalue weighted by Gasteiger charge is 2.30. The average Bonchev–Trinajstić information content (AvgIpc) is 2.72. The van der Waals surface area contributed by atoms with Crippen molar-refractivity contribution in [2.24, 2.45) is 0 Å². The van der Waals surface area contributed by atoms with Crippen LogP contribution < -0.4 is 5.32 Å². The molecule has 0 saturated carbocycles. The van der Waals surface area contributed by atoms with E-state index < -0.39 is 0 Å². The van der Waals surface area contributed by atoms with Crippen molar-refractivity contribution in [1.29, 1.82) is 0 Å². The fourth-order valence-electron chi connectivity index (χ4n) is 2.70. The van der Waals surface area contributed by atoms with Crippen LogP contribution in [0.1, 0.15) is 28.6 Å². The quantitative estimate of drug-likeness (QED) is 0.867. The van der Waals surface area contributed by atoms with E-state index in [1.807, 2.05) is 25.1 Å². The molecule has 0 amide bonds. The molecule has 98 valence electrons. The molecule has 3 heteroatoms. The molecule has 2 atom stereocenters. The first-order valence-electron chi connectivity index (χ1n) is 6.62. The predicted octanol–water partition coefficient (Wildman–Crippen LogP) is 3.38. The monoisotopic (exact) mass is 272 g/mol. The van der Waals surface area contributed by atoms with Crippen LogP contribution in [0.3, 0.4) is 0 Å². The lowest BCUT2D eigenvalue weighted by Crippen LogP contribution is -2.25. The third-order valence-electron chi connectivity index (χ3n) is 3.62. The van der Waals surface area contributed by atoms with Gasteiger partial charge in [-0.3, -0.25) is 4.98 Å². The Morgan fingerprint density at radius 3 is 2.89 bits per heavy atom. The Morgan fingerprint density at radius 2 is 2.05 bits per heavy atom. The summed E-state index contributed by atoms with van der Waals surface area (Å²) >= 11 is 6.46. The standard InChI is InChI=1S/C16H17ClN2/c1-11-5-4-7-13(19-11)10-18-16-14-8-3-2-6-12(14)9-15(16)17/h2-8,15-16,18H,9-10H2,1H3. The third-order valence-corrected chi connectivity index (χ3v) is 4.02. The van der Waals surface area contributed by atoms with Crippen LogP contribution in [0, 0.1) is 6.92 Å². The first kappa shape index (κ1) is 12.6. The molecule has 2 nitrogen and oxygen atoms in total. The van der Waals surface area contributed by atoms with Crippen molar-refractivity contribution in [2.45, 2.75) is 31.3 Å². The molecule has 2 unspecified atom stereocenters. The minimum Gasteiger partial charge on any atom is -0.303 e. The molecule has 1 N–H and O–H groups in total. The SMILES string of the molecule is Cc1cccc(CNC2c3ccccc3CC2Cl)n1. The highest BCUT2D eigenvalue weighted by molar-refractivity contribution is 6.21. The number of aryl methyl sites for hydroxylation is 1. The zero-order chi connectivity index (χ0) is 13.2. The molecule has 0 saturated heterocycles. The first-order valence-corrected chi connectivity index (χ1v) is 7.05. The summed E-state index contributed by atoms with van der Waals surface area (Å²) in [5.74, 6) is 0. The van der Waals surface area contributed by atoms with Gasteiger partial charge in [-0.1, -0.05) is 30.3 Å². The third kappa shape index (κ3) is 2.65. The number of halogens is 1. The zero-order valence-corrected chi connectivity index (χ0v) is 11.7. The molecule has 1 aliphatic carbocycles. The van der Waals surface area contributed by atoms with E-state index >= 15 is 0 Å². The molecular formula is C16H17ClN2. The second-order valence-electron chi connectivity index (χ2n) is 5.05. The topological polar surface area (TPSA) is 24.9 Å². The first-order chi connectivity index (χ1) is 9.24. The van der Waals surface area contributed by atoms with Crippen molar-refractivity contribution in [2.75, 3.05) is 0 Å². The Labute approximate surface area is 118 Å². The van der Waals surface area contributed by atoms with E-state index in [0.717, 1.165) is 24.4 Å². The minimum absolute atomic E-state index is 0.127. The van der Waals surface area contributed by atoms with Gasteiger partial charge in [0, 0.05) is 18.3 Å². The highest BCUT2D eigenvalue weighted by Crippen LogP contribution is 2.34. The molecular weight excluding hydrogens is 256 g/mol. The van der Waals surface area contributed by atoms with E-state index in [-0.39, 0.29) is 11.4 Å². The Kier molecular flexibility index (Phi) is 3.54. The Hall–Kier alpha value is -1.38. The fraction of sp³-hybridized carbons (Fsp3) is 0.312. The van der Waals surface area contributed by atoms with Crippen molar-refractivity contribution in [3.05, 3.63) is 65.0 Å². The van der Waals surface area contributed by atoms with Crippen molar-refractivity contribution in [3.8, 4) is 0 Å². The molecule has 2 aromatic rings. The van der Waals surface area contributed by atoms with Crippen LogP contribution in [0.5, 0.6) is 0 Å². The maximum Gasteiger partial charge on any atom is 0.0571 e.